The summed E-state index contributed by atoms with van der Waals surface area (Å²) >= 11 is 0. The summed E-state index contributed by atoms with van der Waals surface area (Å²) in [6.45, 7) is 4.16. The molecule has 2 aromatic carbocycles. The number of phenols is 1. The summed E-state index contributed by atoms with van der Waals surface area (Å²) in [6, 6.07) is 4.58. The molecule has 286 valence electrons. The highest BCUT2D eigenvalue weighted by molar-refractivity contribution is 6.34. The van der Waals surface area contributed by atoms with E-state index in [0.717, 1.165) is 25.7 Å². The minimum absolute atomic E-state index is 0.00332. The minimum atomic E-state index is -2.15. The standard InChI is InChI=1S/C40H46N4O10/c1-18-12-25-28(26(46)13-18)32(48)30-29(31(25)47)23-9-11-41-37-27(23)24-8-10-40(53-34(24)30)36(51)33(49)35(50)39(54-40)15-21(14-22(45)16-42-37)43-44(38(39)52)17-19(2)20-6-4-3-5-7-20/h9,11-13,15,19-20,22,33,35-36,38,43,45-46,49-52H,3-8,10,14,16-17H2,1-2H3,(H,41,42). The van der Waals surface area contributed by atoms with Gasteiger partial charge in [0.15, 0.2) is 17.6 Å². The van der Waals surface area contributed by atoms with E-state index in [1.54, 1.807) is 24.1 Å². The first-order valence-corrected chi connectivity index (χ1v) is 19.0. The minimum Gasteiger partial charge on any atom is -0.507 e. The number of aromatic hydroxyl groups is 1. The number of aryl methyl sites for hydroxylation is 2. The molecule has 3 aromatic rings. The van der Waals surface area contributed by atoms with E-state index in [-0.39, 0.29) is 65.5 Å². The molecule has 54 heavy (non-hydrogen) atoms. The number of ketones is 2. The molecule has 8 atom stereocenters. The Hall–Kier alpha value is -4.15. The summed E-state index contributed by atoms with van der Waals surface area (Å²) in [6.07, 6.45) is 0.230. The van der Waals surface area contributed by atoms with Crippen molar-refractivity contribution in [1.82, 2.24) is 15.4 Å². The molecule has 8 unspecified atom stereocenters. The Morgan fingerprint density at radius 3 is 2.57 bits per heavy atom. The molecule has 2 fully saturated rings. The van der Waals surface area contributed by atoms with Crippen molar-refractivity contribution < 1.29 is 49.7 Å². The second kappa shape index (κ2) is 12.7. The molecular weight excluding hydrogens is 696 g/mol. The van der Waals surface area contributed by atoms with Crippen LogP contribution in [0.15, 0.2) is 36.2 Å². The number of hydrogen-bond acceptors (Lipinski definition) is 14. The summed E-state index contributed by atoms with van der Waals surface area (Å²) in [4.78, 5) is 33.7. The molecule has 0 amide bonds. The number of aliphatic hydroxyl groups is 5. The van der Waals surface area contributed by atoms with Crippen molar-refractivity contribution in [2.24, 2.45) is 11.8 Å². The number of aromatic nitrogens is 1. The molecular formula is C40H46N4O10. The van der Waals surface area contributed by atoms with E-state index in [4.69, 9.17) is 9.47 Å². The van der Waals surface area contributed by atoms with E-state index in [0.29, 0.717) is 45.9 Å². The van der Waals surface area contributed by atoms with Gasteiger partial charge in [0.2, 0.25) is 11.6 Å². The van der Waals surface area contributed by atoms with Crippen LogP contribution in [0.4, 0.5) is 5.82 Å². The lowest BCUT2D eigenvalue weighted by atomic mass is 9.75. The van der Waals surface area contributed by atoms with Crippen LogP contribution in [-0.4, -0.2) is 107 Å². The number of rotatable bonds is 3. The number of anilines is 1. The van der Waals surface area contributed by atoms with Crippen LogP contribution in [0, 0.1) is 18.8 Å². The summed E-state index contributed by atoms with van der Waals surface area (Å²) in [7, 11) is 0. The van der Waals surface area contributed by atoms with Crippen LogP contribution in [0.2, 0.25) is 0 Å². The summed E-state index contributed by atoms with van der Waals surface area (Å²) in [5, 5.41) is 75.7. The fourth-order valence-corrected chi connectivity index (χ4v) is 9.94. The molecule has 1 aromatic heterocycles. The second-order valence-corrected chi connectivity index (χ2v) is 16.2. The van der Waals surface area contributed by atoms with Gasteiger partial charge in [-0.15, -0.1) is 0 Å². The molecule has 2 spiro atoms. The lowest BCUT2D eigenvalue weighted by Gasteiger charge is -2.58. The Labute approximate surface area is 311 Å². The number of phenolic OH excluding ortho intramolecular Hbond substituents is 1. The fourth-order valence-electron chi connectivity index (χ4n) is 9.94. The Morgan fingerprint density at radius 2 is 1.80 bits per heavy atom. The number of hydrazine groups is 1. The maximum atomic E-state index is 14.6. The van der Waals surface area contributed by atoms with Gasteiger partial charge in [0.25, 0.3) is 0 Å². The summed E-state index contributed by atoms with van der Waals surface area (Å²) in [5.41, 5.74) is 2.31. The highest BCUT2D eigenvalue weighted by Crippen LogP contribution is 2.53. The van der Waals surface area contributed by atoms with Crippen molar-refractivity contribution in [3.8, 4) is 11.5 Å². The predicted octanol–water partition coefficient (Wildman–Crippen LogP) is 2.31. The van der Waals surface area contributed by atoms with E-state index >= 15 is 0 Å². The van der Waals surface area contributed by atoms with Crippen LogP contribution in [0.1, 0.15) is 94.8 Å². The van der Waals surface area contributed by atoms with Crippen LogP contribution in [-0.2, 0) is 11.2 Å². The Balaban J connectivity index is 1.24. The van der Waals surface area contributed by atoms with Crippen molar-refractivity contribution in [3.63, 3.8) is 0 Å². The Bertz CT molecular complexity index is 2120. The van der Waals surface area contributed by atoms with Gasteiger partial charge in [0.1, 0.15) is 35.6 Å². The monoisotopic (exact) mass is 742 g/mol. The predicted molar refractivity (Wildman–Crippen MR) is 194 cm³/mol. The van der Waals surface area contributed by atoms with Gasteiger partial charge in [-0.05, 0) is 60.4 Å². The molecule has 1 saturated heterocycles. The Morgan fingerprint density at radius 1 is 1.02 bits per heavy atom. The maximum absolute atomic E-state index is 14.6. The highest BCUT2D eigenvalue weighted by atomic mass is 16.7. The van der Waals surface area contributed by atoms with Crippen LogP contribution < -0.4 is 15.5 Å². The molecule has 6 heterocycles. The number of pyridine rings is 1. The topological polar surface area (TPSA) is 214 Å². The van der Waals surface area contributed by atoms with Crippen LogP contribution in [0.25, 0.3) is 10.8 Å². The average molecular weight is 743 g/mol. The lowest BCUT2D eigenvalue weighted by Crippen LogP contribution is -2.78. The van der Waals surface area contributed by atoms with Gasteiger partial charge in [0, 0.05) is 59.9 Å². The largest absolute Gasteiger partial charge is 0.507 e. The number of hydrogen-bond donors (Lipinski definition) is 8. The lowest BCUT2D eigenvalue weighted by molar-refractivity contribution is -0.387. The van der Waals surface area contributed by atoms with Crippen LogP contribution in [0.3, 0.4) is 0 Å². The van der Waals surface area contributed by atoms with Gasteiger partial charge in [0.05, 0.1) is 17.2 Å². The molecule has 1 saturated carbocycles. The number of aliphatic hydroxyl groups excluding tert-OH is 5. The van der Waals surface area contributed by atoms with Gasteiger partial charge in [-0.25, -0.2) is 4.98 Å². The number of carbonyl (C=O) groups is 2. The number of ether oxygens (including phenoxy) is 2. The van der Waals surface area contributed by atoms with E-state index < -0.39 is 53.6 Å². The SMILES string of the molecule is Cc1cc(O)c2c(c1)C(=O)c1c(c3c4c5c(nccc15)NCC(O)CC1=CC5(OC(CC4)(O3)C(O)C(O)C5O)C(O)N(CC(C)C3CCCCC3)N1)C2=O. The molecule has 6 bridgehead atoms. The van der Waals surface area contributed by atoms with Crippen LogP contribution >= 0.6 is 0 Å². The normalized spacial score (nSPS) is 32.9. The first-order chi connectivity index (χ1) is 25.8. The molecule has 2 aliphatic carbocycles. The van der Waals surface area contributed by atoms with Crippen molar-refractivity contribution in [2.45, 2.75) is 107 Å². The number of carbonyl (C=O) groups excluding carboxylic acids is 2. The third-order valence-electron chi connectivity index (χ3n) is 12.7. The van der Waals surface area contributed by atoms with E-state index in [9.17, 15) is 40.2 Å². The van der Waals surface area contributed by atoms with Gasteiger partial charge < -0.3 is 50.9 Å². The zero-order valence-electron chi connectivity index (χ0n) is 30.2. The van der Waals surface area contributed by atoms with Gasteiger partial charge in [-0.3, -0.25) is 9.59 Å². The molecule has 8 N–H and O–H groups in total. The molecule has 14 nitrogen and oxygen atoms in total. The number of nitrogens with zero attached hydrogens (tertiary/aromatic N) is 2. The number of nitrogens with one attached hydrogen (secondary N) is 2. The number of benzene rings is 2. The van der Waals surface area contributed by atoms with Crippen molar-refractivity contribution in [1.29, 1.82) is 0 Å². The second-order valence-electron chi connectivity index (χ2n) is 16.2. The molecule has 0 radical (unpaired) electrons. The third kappa shape index (κ3) is 5.15. The van der Waals surface area contributed by atoms with Gasteiger partial charge in [-0.2, -0.15) is 5.01 Å². The maximum Gasteiger partial charge on any atom is 0.240 e. The third-order valence-corrected chi connectivity index (χ3v) is 12.7. The Kier molecular flexibility index (Phi) is 8.36. The van der Waals surface area contributed by atoms with Crippen molar-refractivity contribution in [2.75, 3.05) is 18.4 Å². The van der Waals surface area contributed by atoms with Gasteiger partial charge in [-0.1, -0.05) is 39.0 Å². The zero-order chi connectivity index (χ0) is 37.8. The molecule has 14 heteroatoms. The number of fused-ring (bicyclic) bond motifs is 7. The smallest absolute Gasteiger partial charge is 0.240 e. The van der Waals surface area contributed by atoms with Crippen molar-refractivity contribution >= 4 is 28.2 Å². The molecule has 7 aliphatic rings. The molecule has 5 aliphatic heterocycles. The van der Waals surface area contributed by atoms with E-state index in [2.05, 4.69) is 22.7 Å². The fraction of sp³-hybridized carbons (Fsp3) is 0.525. The van der Waals surface area contributed by atoms with Gasteiger partial charge >= 0.3 is 0 Å². The van der Waals surface area contributed by atoms with E-state index in [1.165, 1.54) is 24.8 Å². The molecule has 10 rings (SSSR count). The summed E-state index contributed by atoms with van der Waals surface area (Å²) in [5.74, 6) is -2.97. The zero-order valence-corrected chi connectivity index (χ0v) is 30.2. The first kappa shape index (κ1) is 35.5. The quantitative estimate of drug-likeness (QED) is 0.151. The van der Waals surface area contributed by atoms with Crippen LogP contribution in [0.5, 0.6) is 11.5 Å². The average Bonchev–Trinajstić information content (AvgIpc) is 3.15. The highest BCUT2D eigenvalue weighted by Gasteiger charge is 2.66. The first-order valence-electron chi connectivity index (χ1n) is 19.0. The van der Waals surface area contributed by atoms with Crippen molar-refractivity contribution in [3.05, 3.63) is 69.5 Å². The summed E-state index contributed by atoms with van der Waals surface area (Å²) < 4.78 is 13.5. The van der Waals surface area contributed by atoms with E-state index in [1.807, 2.05) is 0 Å².